The van der Waals surface area contributed by atoms with Gasteiger partial charge in [0.25, 0.3) is 0 Å². The molecule has 0 heterocycles. The number of hydrogen-bond donors (Lipinski definition) is 3. The first-order valence-electron chi connectivity index (χ1n) is 4.53. The molecule has 1 rings (SSSR count). The summed E-state index contributed by atoms with van der Waals surface area (Å²) in [7, 11) is 0. The molecule has 0 spiro atoms. The summed E-state index contributed by atoms with van der Waals surface area (Å²) in [5.74, 6) is -1.22. The molecule has 1 aromatic carbocycles. The lowest BCUT2D eigenvalue weighted by Gasteiger charge is -2.10. The summed E-state index contributed by atoms with van der Waals surface area (Å²) >= 11 is 0. The van der Waals surface area contributed by atoms with Crippen LogP contribution in [0.15, 0.2) is 18.2 Å². The Labute approximate surface area is 91.8 Å². The molecule has 0 aliphatic carbocycles. The number of carbonyl (C=O) groups excluding carboxylic acids is 1. The number of anilines is 1. The van der Waals surface area contributed by atoms with Crippen LogP contribution in [0.3, 0.4) is 0 Å². The summed E-state index contributed by atoms with van der Waals surface area (Å²) < 4.78 is 12.9. The summed E-state index contributed by atoms with van der Waals surface area (Å²) in [6.07, 6.45) is 0. The average Bonchev–Trinajstić information content (AvgIpc) is 2.27. The maximum Gasteiger partial charge on any atom is 0.236 e. The molecule has 0 aliphatic heterocycles. The third-order valence-corrected chi connectivity index (χ3v) is 1.98. The monoisotopic (exact) mass is 222 g/mol. The number of nitrogens with two attached hydrogens (primary N) is 2. The quantitative estimate of drug-likeness (QED) is 0.662. The predicted octanol–water partition coefficient (Wildman–Crippen LogP) is -0.0781. The first kappa shape index (κ1) is 11.9. The first-order valence-corrected chi connectivity index (χ1v) is 4.53. The standard InChI is InChI=1S/C10H11FN4O/c11-8-2-1-7(3-6(8)4-12)15-5-9(13)10(14)16/h1-3,9,15H,5,13H2,(H2,14,16). The molecule has 1 atom stereocenters. The van der Waals surface area contributed by atoms with Gasteiger partial charge in [-0.05, 0) is 18.2 Å². The molecule has 1 aromatic rings. The molecular formula is C10H11FN4O. The van der Waals surface area contributed by atoms with Gasteiger partial charge in [0.2, 0.25) is 5.91 Å². The molecule has 0 aromatic heterocycles. The van der Waals surface area contributed by atoms with E-state index in [4.69, 9.17) is 16.7 Å². The van der Waals surface area contributed by atoms with Crippen LogP contribution in [-0.2, 0) is 4.79 Å². The van der Waals surface area contributed by atoms with Gasteiger partial charge in [0.1, 0.15) is 17.9 Å². The van der Waals surface area contributed by atoms with Crippen LogP contribution < -0.4 is 16.8 Å². The molecule has 5 N–H and O–H groups in total. The van der Waals surface area contributed by atoms with Gasteiger partial charge in [0.15, 0.2) is 0 Å². The zero-order chi connectivity index (χ0) is 12.1. The Kier molecular flexibility index (Phi) is 3.80. The molecule has 0 saturated carbocycles. The van der Waals surface area contributed by atoms with E-state index in [0.717, 1.165) is 6.07 Å². The lowest BCUT2D eigenvalue weighted by atomic mass is 10.2. The Hall–Kier alpha value is -2.13. The van der Waals surface area contributed by atoms with Crippen molar-refractivity contribution in [2.45, 2.75) is 6.04 Å². The highest BCUT2D eigenvalue weighted by molar-refractivity contribution is 5.80. The Morgan fingerprint density at radius 3 is 2.88 bits per heavy atom. The zero-order valence-electron chi connectivity index (χ0n) is 8.40. The van der Waals surface area contributed by atoms with Crippen LogP contribution in [0.5, 0.6) is 0 Å². The Morgan fingerprint density at radius 2 is 2.31 bits per heavy atom. The second-order valence-electron chi connectivity index (χ2n) is 3.20. The van der Waals surface area contributed by atoms with Gasteiger partial charge < -0.3 is 16.8 Å². The fourth-order valence-corrected chi connectivity index (χ4v) is 1.05. The highest BCUT2D eigenvalue weighted by Crippen LogP contribution is 2.13. The molecule has 0 fully saturated rings. The summed E-state index contributed by atoms with van der Waals surface area (Å²) in [6.45, 7) is 0.131. The van der Waals surface area contributed by atoms with Gasteiger partial charge >= 0.3 is 0 Å². The van der Waals surface area contributed by atoms with E-state index < -0.39 is 17.8 Å². The number of nitrogens with one attached hydrogen (secondary N) is 1. The summed E-state index contributed by atoms with van der Waals surface area (Å²) in [6, 6.07) is 4.83. The first-order chi connectivity index (χ1) is 7.54. The number of benzene rings is 1. The normalized spacial score (nSPS) is 11.6. The van der Waals surface area contributed by atoms with Crippen molar-refractivity contribution in [2.75, 3.05) is 11.9 Å². The number of hydrogen-bond acceptors (Lipinski definition) is 4. The van der Waals surface area contributed by atoms with E-state index in [9.17, 15) is 9.18 Å². The molecule has 16 heavy (non-hydrogen) atoms. The van der Waals surface area contributed by atoms with E-state index in [-0.39, 0.29) is 12.1 Å². The molecule has 0 aliphatic rings. The SMILES string of the molecule is N#Cc1cc(NCC(N)C(N)=O)ccc1F. The molecule has 84 valence electrons. The van der Waals surface area contributed by atoms with Crippen LogP contribution in [0.25, 0.3) is 0 Å². The van der Waals surface area contributed by atoms with Crippen LogP contribution in [0.4, 0.5) is 10.1 Å². The van der Waals surface area contributed by atoms with Crippen molar-refractivity contribution in [3.63, 3.8) is 0 Å². The van der Waals surface area contributed by atoms with E-state index in [0.29, 0.717) is 5.69 Å². The highest BCUT2D eigenvalue weighted by Gasteiger charge is 2.09. The predicted molar refractivity (Wildman–Crippen MR) is 56.8 cm³/mol. The molecule has 6 heteroatoms. The van der Waals surface area contributed by atoms with Crippen LogP contribution in [0.2, 0.25) is 0 Å². The Balaban J connectivity index is 2.69. The topological polar surface area (TPSA) is 105 Å². The number of amides is 1. The van der Waals surface area contributed by atoms with Gasteiger partial charge in [-0.1, -0.05) is 0 Å². The molecule has 0 bridgehead atoms. The summed E-state index contributed by atoms with van der Waals surface area (Å²) in [5, 5.41) is 11.4. The summed E-state index contributed by atoms with van der Waals surface area (Å²) in [5.41, 5.74) is 10.8. The van der Waals surface area contributed by atoms with Crippen molar-refractivity contribution < 1.29 is 9.18 Å². The van der Waals surface area contributed by atoms with Crippen molar-refractivity contribution in [3.8, 4) is 6.07 Å². The minimum Gasteiger partial charge on any atom is -0.383 e. The maximum atomic E-state index is 12.9. The van der Waals surface area contributed by atoms with Crippen molar-refractivity contribution in [3.05, 3.63) is 29.6 Å². The van der Waals surface area contributed by atoms with Gasteiger partial charge in [-0.2, -0.15) is 5.26 Å². The number of nitrogens with zero attached hydrogens (tertiary/aromatic N) is 1. The fraction of sp³-hybridized carbons (Fsp3) is 0.200. The number of rotatable bonds is 4. The molecule has 0 saturated heterocycles. The van der Waals surface area contributed by atoms with Gasteiger partial charge in [0, 0.05) is 12.2 Å². The Morgan fingerprint density at radius 1 is 1.62 bits per heavy atom. The minimum absolute atomic E-state index is 0.0716. The van der Waals surface area contributed by atoms with Gasteiger partial charge in [0.05, 0.1) is 5.56 Å². The van der Waals surface area contributed by atoms with Crippen LogP contribution in [-0.4, -0.2) is 18.5 Å². The number of primary amides is 1. The third kappa shape index (κ3) is 2.93. The number of halogens is 1. The lowest BCUT2D eigenvalue weighted by Crippen LogP contribution is -2.41. The number of nitriles is 1. The van der Waals surface area contributed by atoms with Crippen molar-refractivity contribution in [1.82, 2.24) is 0 Å². The van der Waals surface area contributed by atoms with E-state index in [2.05, 4.69) is 5.32 Å². The highest BCUT2D eigenvalue weighted by atomic mass is 19.1. The van der Waals surface area contributed by atoms with E-state index in [1.54, 1.807) is 6.07 Å². The molecule has 5 nitrogen and oxygen atoms in total. The van der Waals surface area contributed by atoms with Crippen LogP contribution in [0, 0.1) is 17.1 Å². The van der Waals surface area contributed by atoms with Gasteiger partial charge in [-0.3, -0.25) is 4.79 Å². The molecule has 0 radical (unpaired) electrons. The van der Waals surface area contributed by atoms with Crippen molar-refractivity contribution in [2.24, 2.45) is 11.5 Å². The second-order valence-corrected chi connectivity index (χ2v) is 3.20. The molecule has 1 amide bonds. The maximum absolute atomic E-state index is 12.9. The minimum atomic E-state index is -0.824. The fourth-order valence-electron chi connectivity index (χ4n) is 1.05. The zero-order valence-corrected chi connectivity index (χ0v) is 8.40. The lowest BCUT2D eigenvalue weighted by molar-refractivity contribution is -0.118. The Bertz CT molecular complexity index is 441. The summed E-state index contributed by atoms with van der Waals surface area (Å²) in [4.78, 5) is 10.6. The average molecular weight is 222 g/mol. The van der Waals surface area contributed by atoms with E-state index in [1.165, 1.54) is 12.1 Å². The van der Waals surface area contributed by atoms with Gasteiger partial charge in [-0.25, -0.2) is 4.39 Å². The van der Waals surface area contributed by atoms with Crippen molar-refractivity contribution in [1.29, 1.82) is 5.26 Å². The molecule has 1 unspecified atom stereocenters. The largest absolute Gasteiger partial charge is 0.383 e. The second kappa shape index (κ2) is 5.09. The van der Waals surface area contributed by atoms with Crippen LogP contribution >= 0.6 is 0 Å². The van der Waals surface area contributed by atoms with Crippen LogP contribution in [0.1, 0.15) is 5.56 Å². The van der Waals surface area contributed by atoms with E-state index in [1.807, 2.05) is 0 Å². The van der Waals surface area contributed by atoms with Gasteiger partial charge in [-0.15, -0.1) is 0 Å². The third-order valence-electron chi connectivity index (χ3n) is 1.98. The smallest absolute Gasteiger partial charge is 0.236 e. The van der Waals surface area contributed by atoms with Crippen molar-refractivity contribution >= 4 is 11.6 Å². The number of carbonyl (C=O) groups is 1. The van der Waals surface area contributed by atoms with E-state index >= 15 is 0 Å². The molecular weight excluding hydrogens is 211 g/mol.